The molecule has 6 nitrogen and oxygen atoms in total. The summed E-state index contributed by atoms with van der Waals surface area (Å²) < 4.78 is 11.6. The Hall–Kier alpha value is -2.57. The van der Waals surface area contributed by atoms with Gasteiger partial charge in [-0.15, -0.1) is 0 Å². The van der Waals surface area contributed by atoms with E-state index in [0.717, 1.165) is 0 Å². The molecule has 0 saturated heterocycles. The van der Waals surface area contributed by atoms with E-state index in [-0.39, 0.29) is 22.7 Å². The molecule has 0 bridgehead atoms. The molecule has 1 heterocycles. The van der Waals surface area contributed by atoms with Crippen molar-refractivity contribution in [1.29, 1.82) is 0 Å². The molecule has 0 amide bonds. The van der Waals surface area contributed by atoms with Gasteiger partial charge in [0.05, 0.1) is 48.6 Å². The van der Waals surface area contributed by atoms with Gasteiger partial charge in [-0.1, -0.05) is 23.2 Å². The van der Waals surface area contributed by atoms with Gasteiger partial charge < -0.3 is 9.47 Å². The monoisotopic (exact) mass is 392 g/mol. The molecule has 1 aromatic heterocycles. The first kappa shape index (κ1) is 18.2. The van der Waals surface area contributed by atoms with Crippen LogP contribution in [0.3, 0.4) is 0 Å². The lowest BCUT2D eigenvalue weighted by Crippen LogP contribution is -2.25. The molecule has 26 heavy (non-hydrogen) atoms. The largest absolute Gasteiger partial charge is 0.497 e. The summed E-state index contributed by atoms with van der Waals surface area (Å²) in [6, 6.07) is 7.83. The number of carbonyl (C=O) groups is 1. The second-order valence-electron chi connectivity index (χ2n) is 5.45. The van der Waals surface area contributed by atoms with Gasteiger partial charge in [-0.2, -0.15) is 0 Å². The summed E-state index contributed by atoms with van der Waals surface area (Å²) in [6.07, 6.45) is 1.29. The van der Waals surface area contributed by atoms with E-state index in [2.05, 4.69) is 4.98 Å². The van der Waals surface area contributed by atoms with Crippen LogP contribution in [0.15, 0.2) is 41.5 Å². The van der Waals surface area contributed by atoms with E-state index in [1.54, 1.807) is 18.2 Å². The van der Waals surface area contributed by atoms with Crippen molar-refractivity contribution in [2.75, 3.05) is 14.2 Å². The van der Waals surface area contributed by atoms with E-state index < -0.39 is 5.56 Å². The maximum atomic E-state index is 12.7. The molecule has 0 atom stereocenters. The quantitative estimate of drug-likeness (QED) is 0.620. The van der Waals surface area contributed by atoms with Gasteiger partial charge >= 0.3 is 0 Å². The van der Waals surface area contributed by atoms with Gasteiger partial charge in [0.1, 0.15) is 11.5 Å². The van der Waals surface area contributed by atoms with E-state index in [9.17, 15) is 9.59 Å². The predicted molar refractivity (Wildman–Crippen MR) is 99.9 cm³/mol. The first-order chi connectivity index (χ1) is 12.4. The summed E-state index contributed by atoms with van der Waals surface area (Å²) in [5.41, 5.74) is 0.274. The molecule has 0 aliphatic carbocycles. The Kier molecular flexibility index (Phi) is 5.15. The first-order valence-electron chi connectivity index (χ1n) is 7.54. The highest BCUT2D eigenvalue weighted by Crippen LogP contribution is 2.26. The number of carbonyl (C=O) groups excluding carboxylic acids is 1. The van der Waals surface area contributed by atoms with Gasteiger partial charge in [-0.25, -0.2) is 4.98 Å². The molecule has 3 aromatic rings. The Bertz CT molecular complexity index is 1060. The maximum absolute atomic E-state index is 12.7. The van der Waals surface area contributed by atoms with Gasteiger partial charge in [-0.05, 0) is 24.3 Å². The highest BCUT2D eigenvalue weighted by molar-refractivity contribution is 6.38. The second-order valence-corrected chi connectivity index (χ2v) is 6.29. The zero-order chi connectivity index (χ0) is 18.8. The van der Waals surface area contributed by atoms with Crippen LogP contribution < -0.4 is 15.0 Å². The minimum absolute atomic E-state index is 0.200. The van der Waals surface area contributed by atoms with Crippen LogP contribution >= 0.6 is 23.2 Å². The maximum Gasteiger partial charge on any atom is 0.261 e. The standard InChI is InChI=1S/C18H14Cl2N2O4/c1-25-11-3-4-12(16(7-11)26-2)15(23)8-22-9-21-17-13(18(22)24)5-10(19)6-14(17)20/h3-7,9H,8H2,1-2H3. The minimum atomic E-state index is -0.403. The molecular weight excluding hydrogens is 379 g/mol. The van der Waals surface area contributed by atoms with Gasteiger partial charge in [0.2, 0.25) is 0 Å². The second kappa shape index (κ2) is 7.35. The van der Waals surface area contributed by atoms with Crippen LogP contribution in [-0.2, 0) is 6.54 Å². The predicted octanol–water partition coefficient (Wildman–Crippen LogP) is 3.60. The molecule has 0 aliphatic rings. The fourth-order valence-electron chi connectivity index (χ4n) is 2.58. The number of benzene rings is 2. The van der Waals surface area contributed by atoms with Crippen molar-refractivity contribution in [2.24, 2.45) is 0 Å². The first-order valence-corrected chi connectivity index (χ1v) is 8.29. The van der Waals surface area contributed by atoms with Gasteiger partial charge in [0.25, 0.3) is 5.56 Å². The van der Waals surface area contributed by atoms with Crippen molar-refractivity contribution in [3.63, 3.8) is 0 Å². The van der Waals surface area contributed by atoms with Crippen molar-refractivity contribution in [3.05, 3.63) is 62.6 Å². The third-order valence-electron chi connectivity index (χ3n) is 3.87. The summed E-state index contributed by atoms with van der Waals surface area (Å²) in [7, 11) is 2.98. The molecular formula is C18H14Cl2N2O4. The molecule has 0 spiro atoms. The number of Topliss-reactive ketones (excluding diaryl/α,β-unsaturated/α-hetero) is 1. The average molecular weight is 393 g/mol. The Morgan fingerprint density at radius 3 is 2.62 bits per heavy atom. The number of hydrogen-bond donors (Lipinski definition) is 0. The zero-order valence-corrected chi connectivity index (χ0v) is 15.5. The summed E-state index contributed by atoms with van der Waals surface area (Å²) >= 11 is 12.0. The van der Waals surface area contributed by atoms with Crippen molar-refractivity contribution in [1.82, 2.24) is 9.55 Å². The lowest BCUT2D eigenvalue weighted by Gasteiger charge is -2.11. The summed E-state index contributed by atoms with van der Waals surface area (Å²) in [6.45, 7) is -0.200. The highest BCUT2D eigenvalue weighted by atomic mass is 35.5. The molecule has 0 saturated carbocycles. The van der Waals surface area contributed by atoms with E-state index in [4.69, 9.17) is 32.7 Å². The highest BCUT2D eigenvalue weighted by Gasteiger charge is 2.16. The Morgan fingerprint density at radius 2 is 1.92 bits per heavy atom. The number of halogens is 2. The smallest absolute Gasteiger partial charge is 0.261 e. The van der Waals surface area contributed by atoms with Crippen molar-refractivity contribution in [3.8, 4) is 11.5 Å². The third kappa shape index (κ3) is 3.38. The van der Waals surface area contributed by atoms with Crippen molar-refractivity contribution >= 4 is 39.9 Å². The molecule has 0 aliphatic heterocycles. The zero-order valence-electron chi connectivity index (χ0n) is 14.0. The third-order valence-corrected chi connectivity index (χ3v) is 4.38. The molecule has 0 unspecified atom stereocenters. The van der Waals surface area contributed by atoms with Crippen LogP contribution in [0.5, 0.6) is 11.5 Å². The lowest BCUT2D eigenvalue weighted by atomic mass is 10.1. The van der Waals surface area contributed by atoms with Crippen molar-refractivity contribution in [2.45, 2.75) is 6.54 Å². The van der Waals surface area contributed by atoms with Crippen LogP contribution in [0, 0.1) is 0 Å². The molecule has 8 heteroatoms. The molecule has 0 radical (unpaired) electrons. The summed E-state index contributed by atoms with van der Waals surface area (Å²) in [5, 5.41) is 0.849. The van der Waals surface area contributed by atoms with Crippen LogP contribution in [0.4, 0.5) is 0 Å². The number of fused-ring (bicyclic) bond motifs is 1. The molecule has 134 valence electrons. The van der Waals surface area contributed by atoms with Crippen LogP contribution in [0.1, 0.15) is 10.4 Å². The number of nitrogens with zero attached hydrogens (tertiary/aromatic N) is 2. The van der Waals surface area contributed by atoms with Gasteiger partial charge in [0, 0.05) is 11.1 Å². The SMILES string of the molecule is COc1ccc(C(=O)Cn2cnc3c(Cl)cc(Cl)cc3c2=O)c(OC)c1. The van der Waals surface area contributed by atoms with Gasteiger partial charge in [0.15, 0.2) is 5.78 Å². The van der Waals surface area contributed by atoms with Crippen LogP contribution in [0.2, 0.25) is 10.0 Å². The number of aromatic nitrogens is 2. The number of ether oxygens (including phenoxy) is 2. The van der Waals surface area contributed by atoms with Crippen LogP contribution in [0.25, 0.3) is 10.9 Å². The van der Waals surface area contributed by atoms with Crippen molar-refractivity contribution < 1.29 is 14.3 Å². The van der Waals surface area contributed by atoms with E-state index in [1.165, 1.54) is 37.2 Å². The minimum Gasteiger partial charge on any atom is -0.497 e. The fraction of sp³-hybridized carbons (Fsp3) is 0.167. The molecule has 3 rings (SSSR count). The number of ketones is 1. The van der Waals surface area contributed by atoms with Gasteiger partial charge in [-0.3, -0.25) is 14.2 Å². The average Bonchev–Trinajstić information content (AvgIpc) is 2.63. The number of rotatable bonds is 5. The Balaban J connectivity index is 2.00. The Labute approximate surface area is 158 Å². The normalized spacial score (nSPS) is 10.8. The van der Waals surface area contributed by atoms with Crippen LogP contribution in [-0.4, -0.2) is 29.6 Å². The molecule has 0 N–H and O–H groups in total. The van der Waals surface area contributed by atoms with E-state index in [0.29, 0.717) is 27.6 Å². The Morgan fingerprint density at radius 1 is 1.15 bits per heavy atom. The molecule has 0 fully saturated rings. The summed E-state index contributed by atoms with van der Waals surface area (Å²) in [5.74, 6) is 0.621. The topological polar surface area (TPSA) is 70.4 Å². The number of methoxy groups -OCH3 is 2. The number of hydrogen-bond acceptors (Lipinski definition) is 5. The molecule has 2 aromatic carbocycles. The van der Waals surface area contributed by atoms with E-state index >= 15 is 0 Å². The fourth-order valence-corrected chi connectivity index (χ4v) is 3.12. The lowest BCUT2D eigenvalue weighted by molar-refractivity contribution is 0.0967. The van der Waals surface area contributed by atoms with E-state index in [1.807, 2.05) is 0 Å². The summed E-state index contributed by atoms with van der Waals surface area (Å²) in [4.78, 5) is 29.5.